The van der Waals surface area contributed by atoms with E-state index in [-0.39, 0.29) is 12.2 Å². The zero-order valence-electron chi connectivity index (χ0n) is 13.6. The van der Waals surface area contributed by atoms with Gasteiger partial charge in [0.15, 0.2) is 6.61 Å². The van der Waals surface area contributed by atoms with Crippen LogP contribution in [0, 0.1) is 0 Å². The maximum absolute atomic E-state index is 12.2. The van der Waals surface area contributed by atoms with Crippen LogP contribution in [0.1, 0.15) is 10.4 Å². The van der Waals surface area contributed by atoms with E-state index in [1.54, 1.807) is 42.5 Å². The Hall–Kier alpha value is -2.84. The highest BCUT2D eigenvalue weighted by Crippen LogP contribution is 2.19. The van der Waals surface area contributed by atoms with Crippen LogP contribution in [0.2, 0.25) is 5.02 Å². The lowest BCUT2D eigenvalue weighted by atomic mass is 10.2. The van der Waals surface area contributed by atoms with Crippen LogP contribution in [0.3, 0.4) is 0 Å². The number of hydrogen-bond acceptors (Lipinski definition) is 5. The zero-order valence-corrected chi connectivity index (χ0v) is 16.0. The molecule has 2 aromatic carbocycles. The van der Waals surface area contributed by atoms with Crippen molar-refractivity contribution in [1.29, 1.82) is 0 Å². The molecule has 138 valence electrons. The molecule has 0 saturated heterocycles. The second kappa shape index (κ2) is 8.24. The van der Waals surface area contributed by atoms with Gasteiger partial charge in [-0.05, 0) is 42.5 Å². The summed E-state index contributed by atoms with van der Waals surface area (Å²) in [6.45, 7) is -0.347. The number of nitrogens with one attached hydrogen (secondary N) is 2. The highest BCUT2D eigenvalue weighted by molar-refractivity contribution is 9.10. The van der Waals surface area contributed by atoms with Gasteiger partial charge in [0.1, 0.15) is 16.9 Å². The number of carbonyl (C=O) groups is 2. The Kier molecular flexibility index (Phi) is 5.78. The number of carbonyl (C=O) groups excluding carboxylic acids is 2. The number of hydrazine groups is 1. The minimum absolute atomic E-state index is 0.239. The molecule has 0 aliphatic heterocycles. The molecule has 0 saturated carbocycles. The van der Waals surface area contributed by atoms with Gasteiger partial charge in [0.25, 0.3) is 11.8 Å². The van der Waals surface area contributed by atoms with E-state index >= 15 is 0 Å². The average molecular weight is 452 g/mol. The number of benzene rings is 2. The quantitative estimate of drug-likeness (QED) is 0.469. The van der Waals surface area contributed by atoms with Gasteiger partial charge in [0, 0.05) is 14.9 Å². The number of rotatable bonds is 4. The van der Waals surface area contributed by atoms with Crippen LogP contribution in [-0.4, -0.2) is 18.4 Å². The molecule has 0 aliphatic rings. The van der Waals surface area contributed by atoms with Crippen molar-refractivity contribution < 1.29 is 18.7 Å². The first kappa shape index (κ1) is 18.9. The maximum atomic E-state index is 12.2. The second-order valence-corrected chi connectivity index (χ2v) is 6.73. The van der Waals surface area contributed by atoms with Crippen LogP contribution >= 0.6 is 27.5 Å². The van der Waals surface area contributed by atoms with Crippen LogP contribution in [-0.2, 0) is 4.79 Å². The molecule has 0 atom stereocenters. The Labute approximate surface area is 166 Å². The molecular formula is C18H12BrClN2O5. The van der Waals surface area contributed by atoms with Gasteiger partial charge in [0.2, 0.25) is 0 Å². The van der Waals surface area contributed by atoms with Crippen molar-refractivity contribution in [3.05, 3.63) is 74.0 Å². The lowest BCUT2D eigenvalue weighted by Crippen LogP contribution is -2.45. The molecule has 3 rings (SSSR count). The van der Waals surface area contributed by atoms with Crippen LogP contribution in [0.15, 0.2) is 62.2 Å². The van der Waals surface area contributed by atoms with Gasteiger partial charge in [0.05, 0.1) is 0 Å². The summed E-state index contributed by atoms with van der Waals surface area (Å²) in [6, 6.07) is 12.9. The number of ether oxygens (including phenoxy) is 1. The van der Waals surface area contributed by atoms with Crippen molar-refractivity contribution >= 4 is 50.3 Å². The summed E-state index contributed by atoms with van der Waals surface area (Å²) in [5.74, 6) is -1.01. The molecule has 0 spiro atoms. The molecule has 0 unspecified atom stereocenters. The largest absolute Gasteiger partial charge is 0.484 e. The molecule has 0 radical (unpaired) electrons. The lowest BCUT2D eigenvalue weighted by molar-refractivity contribution is -0.123. The van der Waals surface area contributed by atoms with Crippen LogP contribution in [0.4, 0.5) is 0 Å². The average Bonchev–Trinajstić information content (AvgIpc) is 2.64. The van der Waals surface area contributed by atoms with Gasteiger partial charge in [-0.15, -0.1) is 0 Å². The van der Waals surface area contributed by atoms with Crippen molar-refractivity contribution in [2.75, 3.05) is 6.61 Å². The molecule has 1 aromatic heterocycles. The predicted molar refractivity (Wildman–Crippen MR) is 103 cm³/mol. The summed E-state index contributed by atoms with van der Waals surface area (Å²) in [4.78, 5) is 35.9. The van der Waals surface area contributed by atoms with E-state index in [1.165, 1.54) is 6.07 Å². The Morgan fingerprint density at radius 3 is 2.70 bits per heavy atom. The monoisotopic (exact) mass is 450 g/mol. The zero-order chi connectivity index (χ0) is 19.4. The van der Waals surface area contributed by atoms with E-state index in [0.717, 1.165) is 4.47 Å². The van der Waals surface area contributed by atoms with Crippen LogP contribution in [0.25, 0.3) is 11.0 Å². The highest BCUT2D eigenvalue weighted by atomic mass is 79.9. The second-order valence-electron chi connectivity index (χ2n) is 5.38. The standard InChI is InChI=1S/C18H12BrClN2O5/c19-11-4-5-15-10(6-11)7-14(18(25)27-15)17(24)22-21-16(23)9-26-13-3-1-2-12(20)8-13/h1-8H,9H2,(H,21,23)(H,22,24). The molecule has 1 heterocycles. The molecule has 3 aromatic rings. The summed E-state index contributed by atoms with van der Waals surface area (Å²) in [5, 5.41) is 1.03. The Bertz CT molecular complexity index is 1080. The Morgan fingerprint density at radius 1 is 1.11 bits per heavy atom. The van der Waals surface area contributed by atoms with Crippen molar-refractivity contribution in [2.24, 2.45) is 0 Å². The van der Waals surface area contributed by atoms with Gasteiger partial charge >= 0.3 is 5.63 Å². The first-order valence-electron chi connectivity index (χ1n) is 7.63. The summed E-state index contributed by atoms with van der Waals surface area (Å²) >= 11 is 9.12. The normalized spacial score (nSPS) is 10.4. The molecule has 0 fully saturated rings. The van der Waals surface area contributed by atoms with Gasteiger partial charge in [-0.2, -0.15) is 0 Å². The first-order chi connectivity index (χ1) is 12.9. The minimum Gasteiger partial charge on any atom is -0.484 e. The van der Waals surface area contributed by atoms with Crippen LogP contribution < -0.4 is 21.2 Å². The number of hydrogen-bond donors (Lipinski definition) is 2. The smallest absolute Gasteiger partial charge is 0.349 e. The van der Waals surface area contributed by atoms with Gasteiger partial charge < -0.3 is 9.15 Å². The molecule has 2 N–H and O–H groups in total. The molecule has 0 aliphatic carbocycles. The van der Waals surface area contributed by atoms with Gasteiger partial charge in [-0.25, -0.2) is 4.79 Å². The van der Waals surface area contributed by atoms with Crippen molar-refractivity contribution in [1.82, 2.24) is 10.9 Å². The fraction of sp³-hybridized carbons (Fsp3) is 0.0556. The van der Waals surface area contributed by atoms with Gasteiger partial charge in [-0.1, -0.05) is 33.6 Å². The van der Waals surface area contributed by atoms with E-state index in [2.05, 4.69) is 26.8 Å². The molecule has 7 nitrogen and oxygen atoms in total. The molecule has 2 amide bonds. The third-order valence-corrected chi connectivity index (χ3v) is 4.15. The van der Waals surface area contributed by atoms with Crippen molar-refractivity contribution in [3.63, 3.8) is 0 Å². The van der Waals surface area contributed by atoms with E-state index in [9.17, 15) is 14.4 Å². The summed E-state index contributed by atoms with van der Waals surface area (Å²) in [7, 11) is 0. The topological polar surface area (TPSA) is 97.6 Å². The van der Waals surface area contributed by atoms with Gasteiger partial charge in [-0.3, -0.25) is 20.4 Å². The fourth-order valence-corrected chi connectivity index (χ4v) is 2.75. The maximum Gasteiger partial charge on any atom is 0.349 e. The molecular weight excluding hydrogens is 440 g/mol. The summed E-state index contributed by atoms with van der Waals surface area (Å²) in [5.41, 5.74) is 3.61. The Morgan fingerprint density at radius 2 is 1.93 bits per heavy atom. The van der Waals surface area contributed by atoms with Crippen LogP contribution in [0.5, 0.6) is 5.75 Å². The molecule has 27 heavy (non-hydrogen) atoms. The van der Waals surface area contributed by atoms with E-state index < -0.39 is 17.4 Å². The number of fused-ring (bicyclic) bond motifs is 1. The third-order valence-electron chi connectivity index (χ3n) is 3.42. The molecule has 0 bridgehead atoms. The first-order valence-corrected chi connectivity index (χ1v) is 8.80. The number of amides is 2. The number of halogens is 2. The minimum atomic E-state index is -0.813. The van der Waals surface area contributed by atoms with E-state index in [0.29, 0.717) is 21.7 Å². The Balaban J connectivity index is 1.61. The lowest BCUT2D eigenvalue weighted by Gasteiger charge is -2.09. The fourth-order valence-electron chi connectivity index (χ4n) is 2.19. The highest BCUT2D eigenvalue weighted by Gasteiger charge is 2.15. The summed E-state index contributed by atoms with van der Waals surface area (Å²) in [6.07, 6.45) is 0. The van der Waals surface area contributed by atoms with E-state index in [1.807, 2.05) is 0 Å². The SMILES string of the molecule is O=C(COc1cccc(Cl)c1)NNC(=O)c1cc2cc(Br)ccc2oc1=O. The third kappa shape index (κ3) is 4.87. The van der Waals surface area contributed by atoms with E-state index in [4.69, 9.17) is 20.8 Å². The van der Waals surface area contributed by atoms with Crippen molar-refractivity contribution in [3.8, 4) is 5.75 Å². The van der Waals surface area contributed by atoms with Crippen molar-refractivity contribution in [2.45, 2.75) is 0 Å². The summed E-state index contributed by atoms with van der Waals surface area (Å²) < 4.78 is 11.1. The predicted octanol–water partition coefficient (Wildman–Crippen LogP) is 3.05. The molecule has 9 heteroatoms.